The predicted octanol–water partition coefficient (Wildman–Crippen LogP) is 4.46. The van der Waals surface area contributed by atoms with Gasteiger partial charge in [0.2, 0.25) is 11.8 Å². The Morgan fingerprint density at radius 3 is 2.27 bits per heavy atom. The number of nitro groups is 2. The average molecular weight is 655 g/mol. The standard InChI is InChI=1S/C34H30N4O10/c1-16-11-27(40)29-20(7-5-17-6-10-26(39)28(12-17)48-4)19-8-9-21-30(22(19)15-23(29)32(16)41)34(43)36(33(21)42)18-13-24(37(44)45)31(35(2)3)25(14-18)38(46)47/h5-8,10-14,20-22,30,39H,9,15H2,1-4H3. The highest BCUT2D eigenvalue weighted by Gasteiger charge is 2.56. The van der Waals surface area contributed by atoms with Gasteiger partial charge < -0.3 is 14.7 Å². The second-order valence-corrected chi connectivity index (χ2v) is 12.3. The van der Waals surface area contributed by atoms with E-state index in [9.17, 15) is 44.5 Å². The van der Waals surface area contributed by atoms with Gasteiger partial charge in [-0.3, -0.25) is 39.4 Å². The number of aromatic hydroxyl groups is 1. The fourth-order valence-electron chi connectivity index (χ4n) is 7.37. The van der Waals surface area contributed by atoms with Gasteiger partial charge >= 0.3 is 11.4 Å². The minimum absolute atomic E-state index is 0.0161. The van der Waals surface area contributed by atoms with E-state index in [0.717, 1.165) is 17.0 Å². The van der Waals surface area contributed by atoms with Crippen LogP contribution in [-0.4, -0.2) is 59.5 Å². The molecule has 1 aliphatic heterocycles. The number of Topliss-reactive ketones (excluding diaryl/α,β-unsaturated/α-hetero) is 1. The molecule has 14 heteroatoms. The summed E-state index contributed by atoms with van der Waals surface area (Å²) in [7, 11) is 4.23. The maximum absolute atomic E-state index is 14.2. The molecule has 1 heterocycles. The molecular weight excluding hydrogens is 624 g/mol. The van der Waals surface area contributed by atoms with Crippen molar-refractivity contribution in [2.75, 3.05) is 31.0 Å². The summed E-state index contributed by atoms with van der Waals surface area (Å²) in [5, 5.41) is 34.0. The molecule has 4 atom stereocenters. The molecule has 0 aromatic heterocycles. The van der Waals surface area contributed by atoms with E-state index in [1.807, 2.05) is 0 Å². The van der Waals surface area contributed by atoms with Gasteiger partial charge in [-0.05, 0) is 49.5 Å². The number of allylic oxidation sites excluding steroid dienone is 7. The summed E-state index contributed by atoms with van der Waals surface area (Å²) in [4.78, 5) is 79.4. The monoisotopic (exact) mass is 654 g/mol. The number of imide groups is 1. The summed E-state index contributed by atoms with van der Waals surface area (Å²) in [5.74, 6) is -5.14. The molecule has 2 aromatic carbocycles. The number of ether oxygens (including phenoxy) is 1. The van der Waals surface area contributed by atoms with E-state index in [4.69, 9.17) is 4.74 Å². The van der Waals surface area contributed by atoms with Crippen molar-refractivity contribution in [1.82, 2.24) is 0 Å². The topological polar surface area (TPSA) is 190 Å². The summed E-state index contributed by atoms with van der Waals surface area (Å²) in [6.45, 7) is 1.54. The Labute approximate surface area is 273 Å². The molecule has 0 spiro atoms. The Morgan fingerprint density at radius 1 is 1.00 bits per heavy atom. The third-order valence-electron chi connectivity index (χ3n) is 9.45. The Bertz CT molecular complexity index is 1950. The molecule has 246 valence electrons. The van der Waals surface area contributed by atoms with E-state index in [1.165, 1.54) is 45.2 Å². The van der Waals surface area contributed by atoms with Crippen LogP contribution in [0.1, 0.15) is 25.3 Å². The van der Waals surface area contributed by atoms with E-state index in [0.29, 0.717) is 11.1 Å². The Kier molecular flexibility index (Phi) is 7.81. The molecule has 0 bridgehead atoms. The largest absolute Gasteiger partial charge is 0.504 e. The fraction of sp³-hybridized carbons (Fsp3) is 0.294. The van der Waals surface area contributed by atoms with Gasteiger partial charge in [0.1, 0.15) is 0 Å². The molecule has 1 fully saturated rings. The number of hydrogen-bond donors (Lipinski definition) is 1. The van der Waals surface area contributed by atoms with Crippen LogP contribution in [0.3, 0.4) is 0 Å². The minimum atomic E-state index is -0.989. The van der Waals surface area contributed by atoms with Gasteiger partial charge in [-0.1, -0.05) is 29.9 Å². The summed E-state index contributed by atoms with van der Waals surface area (Å²) in [6.07, 6.45) is 6.68. The molecule has 14 nitrogen and oxygen atoms in total. The number of carbonyl (C=O) groups excluding carboxylic acids is 4. The molecular formula is C34H30N4O10. The molecule has 48 heavy (non-hydrogen) atoms. The van der Waals surface area contributed by atoms with Crippen molar-refractivity contribution < 1.29 is 38.9 Å². The van der Waals surface area contributed by atoms with Gasteiger partial charge in [0.15, 0.2) is 28.8 Å². The van der Waals surface area contributed by atoms with Crippen molar-refractivity contribution in [2.24, 2.45) is 23.7 Å². The Balaban J connectivity index is 1.44. The van der Waals surface area contributed by atoms with Crippen LogP contribution in [0, 0.1) is 43.9 Å². The first kappa shape index (κ1) is 32.0. The SMILES string of the molecule is COc1cc(C=CC2C3=CCC4C(=O)N(c5cc([N+](=O)[O-])c(N(C)C)c([N+](=O)[O-])c5)C(=O)C4C3CC3=C2C(=O)C=C(C)C3=O)ccc1O. The smallest absolute Gasteiger partial charge is 0.301 e. The van der Waals surface area contributed by atoms with Gasteiger partial charge in [0, 0.05) is 48.9 Å². The van der Waals surface area contributed by atoms with Crippen molar-refractivity contribution in [1.29, 1.82) is 0 Å². The normalized spacial score (nSPS) is 23.5. The zero-order valence-corrected chi connectivity index (χ0v) is 26.3. The van der Waals surface area contributed by atoms with Crippen LogP contribution in [0.2, 0.25) is 0 Å². The zero-order chi connectivity index (χ0) is 34.8. The molecule has 4 aliphatic rings. The van der Waals surface area contributed by atoms with E-state index in [-0.39, 0.29) is 64.0 Å². The predicted molar refractivity (Wildman–Crippen MR) is 172 cm³/mol. The van der Waals surface area contributed by atoms with Crippen LogP contribution in [0.25, 0.3) is 6.08 Å². The molecule has 6 rings (SSSR count). The van der Waals surface area contributed by atoms with Gasteiger partial charge in [0.05, 0.1) is 34.5 Å². The number of phenolic OH excluding ortho intramolecular Hbond substituents is 1. The van der Waals surface area contributed by atoms with E-state index in [1.54, 1.807) is 30.4 Å². The summed E-state index contributed by atoms with van der Waals surface area (Å²) >= 11 is 0. The molecule has 4 unspecified atom stereocenters. The second-order valence-electron chi connectivity index (χ2n) is 12.3. The number of fused-ring (bicyclic) bond motifs is 3. The van der Waals surface area contributed by atoms with Gasteiger partial charge in [-0.2, -0.15) is 0 Å². The van der Waals surface area contributed by atoms with Crippen molar-refractivity contribution in [2.45, 2.75) is 19.8 Å². The number of hydrogen-bond acceptors (Lipinski definition) is 11. The highest BCUT2D eigenvalue weighted by atomic mass is 16.6. The summed E-state index contributed by atoms with van der Waals surface area (Å²) in [6, 6.07) is 6.67. The van der Waals surface area contributed by atoms with Crippen LogP contribution >= 0.6 is 0 Å². The number of methoxy groups -OCH3 is 1. The number of amides is 2. The number of phenols is 1. The number of rotatable bonds is 7. The molecule has 0 radical (unpaired) electrons. The number of nitro benzene ring substituents is 2. The maximum atomic E-state index is 14.2. The Hall–Kier alpha value is -5.92. The van der Waals surface area contributed by atoms with E-state index >= 15 is 0 Å². The van der Waals surface area contributed by atoms with Crippen LogP contribution in [-0.2, 0) is 19.2 Å². The van der Waals surface area contributed by atoms with Crippen LogP contribution in [0.15, 0.2) is 70.9 Å². The number of benzene rings is 2. The van der Waals surface area contributed by atoms with Crippen molar-refractivity contribution in [3.63, 3.8) is 0 Å². The van der Waals surface area contributed by atoms with E-state index in [2.05, 4.69) is 0 Å². The molecule has 2 aromatic rings. The first-order valence-corrected chi connectivity index (χ1v) is 15.0. The highest BCUT2D eigenvalue weighted by Crippen LogP contribution is 2.54. The minimum Gasteiger partial charge on any atom is -0.504 e. The van der Waals surface area contributed by atoms with Gasteiger partial charge in [0.25, 0.3) is 0 Å². The highest BCUT2D eigenvalue weighted by molar-refractivity contribution is 6.25. The van der Waals surface area contributed by atoms with Crippen molar-refractivity contribution in [3.05, 3.63) is 96.6 Å². The zero-order valence-electron chi connectivity index (χ0n) is 26.3. The Morgan fingerprint density at radius 2 is 1.67 bits per heavy atom. The van der Waals surface area contributed by atoms with E-state index < -0.39 is 56.7 Å². The van der Waals surface area contributed by atoms with Crippen LogP contribution in [0.5, 0.6) is 11.5 Å². The molecule has 3 aliphatic carbocycles. The number of ketones is 2. The molecule has 1 N–H and O–H groups in total. The second kappa shape index (κ2) is 11.7. The van der Waals surface area contributed by atoms with Crippen molar-refractivity contribution in [3.8, 4) is 11.5 Å². The molecule has 2 amide bonds. The first-order valence-electron chi connectivity index (χ1n) is 15.0. The maximum Gasteiger partial charge on any atom is 0.301 e. The van der Waals surface area contributed by atoms with Crippen LogP contribution < -0.4 is 14.5 Å². The van der Waals surface area contributed by atoms with Gasteiger partial charge in [-0.25, -0.2) is 4.90 Å². The first-order chi connectivity index (χ1) is 22.7. The number of nitrogens with zero attached hydrogens (tertiary/aromatic N) is 4. The lowest BCUT2D eigenvalue weighted by molar-refractivity contribution is -0.392. The summed E-state index contributed by atoms with van der Waals surface area (Å²) < 4.78 is 5.20. The third-order valence-corrected chi connectivity index (χ3v) is 9.45. The fourth-order valence-corrected chi connectivity index (χ4v) is 7.37. The third kappa shape index (κ3) is 4.96. The average Bonchev–Trinajstić information content (AvgIpc) is 3.30. The summed E-state index contributed by atoms with van der Waals surface area (Å²) in [5.41, 5.74) is 0.230. The molecule has 1 saturated heterocycles. The number of carbonyl (C=O) groups is 4. The van der Waals surface area contributed by atoms with Crippen molar-refractivity contribution >= 4 is 52.2 Å². The quantitative estimate of drug-likeness (QED) is 0.146. The van der Waals surface area contributed by atoms with Gasteiger partial charge in [-0.15, -0.1) is 0 Å². The van der Waals surface area contributed by atoms with Crippen LogP contribution in [0.4, 0.5) is 22.7 Å². The number of anilines is 2. The lowest BCUT2D eigenvalue weighted by atomic mass is 9.60. The lowest BCUT2D eigenvalue weighted by Gasteiger charge is -2.41. The lowest BCUT2D eigenvalue weighted by Crippen LogP contribution is -2.40. The molecule has 0 saturated carbocycles.